The van der Waals surface area contributed by atoms with Crippen LogP contribution in [0.5, 0.6) is 0 Å². The monoisotopic (exact) mass is 338 g/mol. The van der Waals surface area contributed by atoms with Gasteiger partial charge in [0.2, 0.25) is 0 Å². The first-order valence-corrected chi connectivity index (χ1v) is 7.06. The molecule has 0 saturated heterocycles. The Morgan fingerprint density at radius 1 is 1.25 bits per heavy atom. The first kappa shape index (κ1) is 17.6. The normalized spacial score (nSPS) is 13.2. The van der Waals surface area contributed by atoms with Gasteiger partial charge in [-0.15, -0.1) is 0 Å². The number of benzene rings is 1. The van der Waals surface area contributed by atoms with Crippen LogP contribution in [0, 0.1) is 11.6 Å². The molecule has 1 aromatic heterocycles. The Labute approximate surface area is 136 Å². The maximum absolute atomic E-state index is 13.4. The maximum Gasteiger partial charge on any atom is 0.313 e. The number of rotatable bonds is 5. The molecule has 0 aliphatic heterocycles. The highest BCUT2D eigenvalue weighted by atomic mass is 19.1. The fraction of sp³-hybridized carbons (Fsp3) is 0.250. The SMILES string of the molecule is CC(O)(CNC(=O)C(=O)Nc1cc(F)ccc1F)Cc1ccco1. The van der Waals surface area contributed by atoms with Gasteiger partial charge in [-0.2, -0.15) is 0 Å². The quantitative estimate of drug-likeness (QED) is 0.722. The summed E-state index contributed by atoms with van der Waals surface area (Å²) in [6, 6.07) is 5.79. The number of carbonyl (C=O) groups is 2. The van der Waals surface area contributed by atoms with Gasteiger partial charge in [0.15, 0.2) is 0 Å². The van der Waals surface area contributed by atoms with Gasteiger partial charge in [0.05, 0.1) is 17.6 Å². The summed E-state index contributed by atoms with van der Waals surface area (Å²) in [6.45, 7) is 1.23. The standard InChI is InChI=1S/C16H16F2N2O4/c1-16(23,8-11-3-2-6-24-11)9-19-14(21)15(22)20-13-7-10(17)4-5-12(13)18/h2-7,23H,8-9H2,1H3,(H,19,21)(H,20,22). The molecule has 128 valence electrons. The maximum atomic E-state index is 13.4. The number of aliphatic hydroxyl groups is 1. The van der Waals surface area contributed by atoms with E-state index in [1.807, 2.05) is 5.32 Å². The van der Waals surface area contributed by atoms with Crippen molar-refractivity contribution < 1.29 is 27.9 Å². The number of hydrogen-bond acceptors (Lipinski definition) is 4. The van der Waals surface area contributed by atoms with E-state index in [0.717, 1.165) is 18.2 Å². The van der Waals surface area contributed by atoms with Crippen molar-refractivity contribution in [3.05, 3.63) is 54.0 Å². The van der Waals surface area contributed by atoms with Crippen LogP contribution < -0.4 is 10.6 Å². The Morgan fingerprint density at radius 3 is 2.67 bits per heavy atom. The van der Waals surface area contributed by atoms with Crippen molar-refractivity contribution in [3.8, 4) is 0 Å². The Morgan fingerprint density at radius 2 is 2.00 bits per heavy atom. The van der Waals surface area contributed by atoms with Crippen LogP contribution in [0.3, 0.4) is 0 Å². The summed E-state index contributed by atoms with van der Waals surface area (Å²) in [6.07, 6.45) is 1.57. The van der Waals surface area contributed by atoms with Gasteiger partial charge in [-0.05, 0) is 31.2 Å². The molecule has 2 amide bonds. The van der Waals surface area contributed by atoms with Gasteiger partial charge in [-0.25, -0.2) is 8.78 Å². The second-order valence-corrected chi connectivity index (χ2v) is 5.51. The number of hydrogen-bond donors (Lipinski definition) is 3. The Hall–Kier alpha value is -2.74. The molecule has 0 radical (unpaired) electrons. The van der Waals surface area contributed by atoms with E-state index in [0.29, 0.717) is 5.76 Å². The molecule has 6 nitrogen and oxygen atoms in total. The predicted molar refractivity (Wildman–Crippen MR) is 81.0 cm³/mol. The summed E-state index contributed by atoms with van der Waals surface area (Å²) in [4.78, 5) is 23.4. The molecule has 3 N–H and O–H groups in total. The predicted octanol–water partition coefficient (Wildman–Crippen LogP) is 1.61. The molecule has 0 saturated carbocycles. The van der Waals surface area contributed by atoms with Crippen molar-refractivity contribution >= 4 is 17.5 Å². The van der Waals surface area contributed by atoms with Gasteiger partial charge in [-0.1, -0.05) is 0 Å². The summed E-state index contributed by atoms with van der Waals surface area (Å²) in [7, 11) is 0. The molecule has 0 fully saturated rings. The summed E-state index contributed by atoms with van der Waals surface area (Å²) < 4.78 is 31.5. The van der Waals surface area contributed by atoms with Crippen molar-refractivity contribution in [1.29, 1.82) is 0 Å². The summed E-state index contributed by atoms with van der Waals surface area (Å²) in [5.74, 6) is -3.37. The van der Waals surface area contributed by atoms with Gasteiger partial charge >= 0.3 is 11.8 Å². The molecule has 1 heterocycles. The molecule has 1 atom stereocenters. The molecule has 0 bridgehead atoms. The van der Waals surface area contributed by atoms with Crippen molar-refractivity contribution in [1.82, 2.24) is 5.32 Å². The van der Waals surface area contributed by atoms with Crippen molar-refractivity contribution in [2.75, 3.05) is 11.9 Å². The topological polar surface area (TPSA) is 91.6 Å². The van der Waals surface area contributed by atoms with Crippen LogP contribution in [0.1, 0.15) is 12.7 Å². The molecule has 1 aromatic carbocycles. The van der Waals surface area contributed by atoms with Crippen molar-refractivity contribution in [2.45, 2.75) is 18.9 Å². The van der Waals surface area contributed by atoms with Crippen LogP contribution >= 0.6 is 0 Å². The van der Waals surface area contributed by atoms with Crippen LogP contribution in [0.15, 0.2) is 41.0 Å². The highest BCUT2D eigenvalue weighted by Crippen LogP contribution is 2.15. The minimum atomic E-state index is -1.35. The zero-order valence-electron chi connectivity index (χ0n) is 12.8. The number of nitrogens with one attached hydrogen (secondary N) is 2. The molecule has 0 aliphatic rings. The summed E-state index contributed by atoms with van der Waals surface area (Å²) in [5, 5.41) is 14.4. The first-order valence-electron chi connectivity index (χ1n) is 7.06. The lowest BCUT2D eigenvalue weighted by molar-refractivity contribution is -0.136. The van der Waals surface area contributed by atoms with Crippen LogP contribution in [0.25, 0.3) is 0 Å². The largest absolute Gasteiger partial charge is 0.469 e. The van der Waals surface area contributed by atoms with Gasteiger partial charge in [0.1, 0.15) is 17.4 Å². The minimum Gasteiger partial charge on any atom is -0.469 e. The van der Waals surface area contributed by atoms with Gasteiger partial charge in [0, 0.05) is 19.0 Å². The van der Waals surface area contributed by atoms with E-state index in [2.05, 4.69) is 5.32 Å². The van der Waals surface area contributed by atoms with Gasteiger partial charge in [-0.3, -0.25) is 9.59 Å². The Balaban J connectivity index is 1.89. The lowest BCUT2D eigenvalue weighted by Crippen LogP contribution is -2.45. The van der Waals surface area contributed by atoms with E-state index in [1.165, 1.54) is 13.2 Å². The highest BCUT2D eigenvalue weighted by molar-refractivity contribution is 6.39. The fourth-order valence-electron chi connectivity index (χ4n) is 1.97. The number of furan rings is 1. The summed E-state index contributed by atoms with van der Waals surface area (Å²) >= 11 is 0. The van der Waals surface area contributed by atoms with Gasteiger partial charge < -0.3 is 20.2 Å². The average molecular weight is 338 g/mol. The van der Waals surface area contributed by atoms with Crippen molar-refractivity contribution in [3.63, 3.8) is 0 Å². The molecular formula is C16H16F2N2O4. The van der Waals surface area contributed by atoms with E-state index in [9.17, 15) is 23.5 Å². The lowest BCUT2D eigenvalue weighted by atomic mass is 10.0. The van der Waals surface area contributed by atoms with Crippen LogP contribution in [-0.2, 0) is 16.0 Å². The second-order valence-electron chi connectivity index (χ2n) is 5.51. The molecule has 0 aliphatic carbocycles. The van der Waals surface area contributed by atoms with E-state index in [4.69, 9.17) is 4.42 Å². The Bertz CT molecular complexity index is 730. The zero-order valence-corrected chi connectivity index (χ0v) is 12.8. The van der Waals surface area contributed by atoms with Crippen molar-refractivity contribution in [2.24, 2.45) is 0 Å². The van der Waals surface area contributed by atoms with Gasteiger partial charge in [0.25, 0.3) is 0 Å². The third kappa shape index (κ3) is 4.88. The number of halogens is 2. The van der Waals surface area contributed by atoms with E-state index in [-0.39, 0.29) is 13.0 Å². The third-order valence-corrected chi connectivity index (χ3v) is 3.15. The lowest BCUT2D eigenvalue weighted by Gasteiger charge is -2.22. The molecule has 24 heavy (non-hydrogen) atoms. The number of carbonyl (C=O) groups excluding carboxylic acids is 2. The first-order chi connectivity index (χ1) is 11.3. The smallest absolute Gasteiger partial charge is 0.313 e. The van der Waals surface area contributed by atoms with Crippen LogP contribution in [0.2, 0.25) is 0 Å². The third-order valence-electron chi connectivity index (χ3n) is 3.15. The molecular weight excluding hydrogens is 322 g/mol. The van der Waals surface area contributed by atoms with Crippen LogP contribution in [0.4, 0.5) is 14.5 Å². The highest BCUT2D eigenvalue weighted by Gasteiger charge is 2.25. The fourth-order valence-corrected chi connectivity index (χ4v) is 1.97. The van der Waals surface area contributed by atoms with E-state index in [1.54, 1.807) is 12.1 Å². The molecule has 8 heteroatoms. The molecule has 2 aromatic rings. The minimum absolute atomic E-state index is 0.125. The second kappa shape index (κ2) is 7.22. The van der Waals surface area contributed by atoms with E-state index >= 15 is 0 Å². The van der Waals surface area contributed by atoms with E-state index < -0.39 is 34.7 Å². The zero-order chi connectivity index (χ0) is 17.7. The average Bonchev–Trinajstić information content (AvgIpc) is 3.00. The molecule has 0 spiro atoms. The Kier molecular flexibility index (Phi) is 5.30. The van der Waals surface area contributed by atoms with Crippen LogP contribution in [-0.4, -0.2) is 29.1 Å². The molecule has 2 rings (SSSR count). The number of amides is 2. The molecule has 1 unspecified atom stereocenters. The number of anilines is 1. The summed E-state index contributed by atoms with van der Waals surface area (Å²) in [5.41, 5.74) is -1.80.